The molecule has 0 aliphatic heterocycles. The van der Waals surface area contributed by atoms with Crippen LogP contribution in [0.25, 0.3) is 0 Å². The first-order valence-corrected chi connectivity index (χ1v) is 13.2. The number of likely N-dealkylation sites (N-methyl/N-ethyl adjacent to an activating group) is 2. The number of amides is 2. The Balaban J connectivity index is 0.000000293. The molecule has 0 atom stereocenters. The number of hydrogen-bond acceptors (Lipinski definition) is 6. The average molecular weight is 537 g/mol. The van der Waals surface area contributed by atoms with Gasteiger partial charge in [0.05, 0.1) is 33.0 Å². The third-order valence-corrected chi connectivity index (χ3v) is 5.54. The van der Waals surface area contributed by atoms with E-state index in [1.807, 2.05) is 105 Å². The van der Waals surface area contributed by atoms with Crippen LogP contribution in [-0.2, 0) is 30.4 Å². The molecule has 0 radical (unpaired) electrons. The first kappa shape index (κ1) is 31.7. The SMILES string of the molecule is CCN(C(=O)COCCO)c1ccccc1.CCN(C(=O)COCCOCc1ccccc1)c1ccccc1. The summed E-state index contributed by atoms with van der Waals surface area (Å²) in [6.07, 6.45) is 0. The fourth-order valence-corrected chi connectivity index (χ4v) is 3.64. The zero-order chi connectivity index (χ0) is 28.1. The van der Waals surface area contributed by atoms with Crippen LogP contribution in [0, 0.1) is 0 Å². The molecule has 3 aromatic carbocycles. The number of rotatable bonds is 15. The second-order valence-corrected chi connectivity index (χ2v) is 8.31. The summed E-state index contributed by atoms with van der Waals surface area (Å²) in [6, 6.07) is 29.0. The minimum Gasteiger partial charge on any atom is -0.394 e. The van der Waals surface area contributed by atoms with Gasteiger partial charge >= 0.3 is 0 Å². The monoisotopic (exact) mass is 536 g/mol. The molecular formula is C31H40N2O6. The maximum atomic E-state index is 12.2. The molecule has 1 N–H and O–H groups in total. The highest BCUT2D eigenvalue weighted by Crippen LogP contribution is 2.14. The summed E-state index contributed by atoms with van der Waals surface area (Å²) in [5, 5.41) is 8.54. The third kappa shape index (κ3) is 12.2. The van der Waals surface area contributed by atoms with Crippen LogP contribution in [0.15, 0.2) is 91.0 Å². The summed E-state index contributed by atoms with van der Waals surface area (Å²) in [5.74, 6) is -0.135. The number of aliphatic hydroxyl groups excluding tert-OH is 1. The topological polar surface area (TPSA) is 88.5 Å². The van der Waals surface area contributed by atoms with Crippen LogP contribution in [-0.4, -0.2) is 69.7 Å². The zero-order valence-corrected chi connectivity index (χ0v) is 22.9. The largest absolute Gasteiger partial charge is 0.394 e. The molecule has 3 aromatic rings. The molecule has 8 nitrogen and oxygen atoms in total. The minimum atomic E-state index is -0.0952. The van der Waals surface area contributed by atoms with Crippen molar-refractivity contribution in [3.63, 3.8) is 0 Å². The number of nitrogens with zero attached hydrogens (tertiary/aromatic N) is 2. The summed E-state index contributed by atoms with van der Waals surface area (Å²) in [5.41, 5.74) is 2.89. The normalized spacial score (nSPS) is 10.3. The van der Waals surface area contributed by atoms with E-state index in [9.17, 15) is 9.59 Å². The lowest BCUT2D eigenvalue weighted by atomic mass is 10.2. The van der Waals surface area contributed by atoms with Gasteiger partial charge in [-0.1, -0.05) is 66.7 Å². The van der Waals surface area contributed by atoms with E-state index >= 15 is 0 Å². The van der Waals surface area contributed by atoms with E-state index in [0.29, 0.717) is 32.9 Å². The van der Waals surface area contributed by atoms with Gasteiger partial charge in [-0.15, -0.1) is 0 Å². The van der Waals surface area contributed by atoms with Crippen LogP contribution in [0.1, 0.15) is 19.4 Å². The van der Waals surface area contributed by atoms with Crippen LogP contribution < -0.4 is 9.80 Å². The van der Waals surface area contributed by atoms with Crippen molar-refractivity contribution in [3.8, 4) is 0 Å². The molecule has 210 valence electrons. The van der Waals surface area contributed by atoms with E-state index in [2.05, 4.69) is 0 Å². The van der Waals surface area contributed by atoms with Crippen molar-refractivity contribution in [3.05, 3.63) is 96.6 Å². The average Bonchev–Trinajstić information content (AvgIpc) is 2.98. The summed E-state index contributed by atoms with van der Waals surface area (Å²) < 4.78 is 16.0. The number of para-hydroxylation sites is 2. The van der Waals surface area contributed by atoms with Crippen molar-refractivity contribution < 1.29 is 28.9 Å². The van der Waals surface area contributed by atoms with Crippen molar-refractivity contribution in [2.24, 2.45) is 0 Å². The second kappa shape index (κ2) is 19.5. The molecule has 2 amide bonds. The van der Waals surface area contributed by atoms with E-state index in [1.54, 1.807) is 9.80 Å². The molecule has 39 heavy (non-hydrogen) atoms. The fourth-order valence-electron chi connectivity index (χ4n) is 3.64. The number of hydrogen-bond donors (Lipinski definition) is 1. The van der Waals surface area contributed by atoms with E-state index in [4.69, 9.17) is 19.3 Å². The summed E-state index contributed by atoms with van der Waals surface area (Å²) >= 11 is 0. The molecular weight excluding hydrogens is 496 g/mol. The van der Waals surface area contributed by atoms with Gasteiger partial charge in [0, 0.05) is 24.5 Å². The molecule has 0 heterocycles. The van der Waals surface area contributed by atoms with Gasteiger partial charge in [-0.05, 0) is 43.7 Å². The lowest BCUT2D eigenvalue weighted by Crippen LogP contribution is -2.34. The molecule has 0 saturated carbocycles. The standard InChI is InChI=1S/C19H23NO3.C12H17NO3/c1-2-20(18-11-7-4-8-12-18)19(21)16-23-14-13-22-15-17-9-5-3-6-10-17;1-2-13(11-6-4-3-5-7-11)12(15)10-16-9-8-14/h3-12H,2,13-16H2,1H3;3-7,14H,2,8-10H2,1H3. The number of anilines is 2. The highest BCUT2D eigenvalue weighted by molar-refractivity contribution is 5.94. The molecule has 0 saturated heterocycles. The van der Waals surface area contributed by atoms with Crippen molar-refractivity contribution in [2.75, 3.05) is 62.5 Å². The van der Waals surface area contributed by atoms with Crippen molar-refractivity contribution >= 4 is 23.2 Å². The van der Waals surface area contributed by atoms with Gasteiger partial charge in [-0.3, -0.25) is 9.59 Å². The van der Waals surface area contributed by atoms with E-state index in [0.717, 1.165) is 16.9 Å². The van der Waals surface area contributed by atoms with Gasteiger partial charge in [-0.25, -0.2) is 0 Å². The number of benzene rings is 3. The Morgan fingerprint density at radius 3 is 1.46 bits per heavy atom. The number of aliphatic hydroxyl groups is 1. The Hall–Kier alpha value is -3.56. The Morgan fingerprint density at radius 1 is 0.615 bits per heavy atom. The Kier molecular flexibility index (Phi) is 15.8. The molecule has 0 fully saturated rings. The van der Waals surface area contributed by atoms with Crippen molar-refractivity contribution in [1.29, 1.82) is 0 Å². The second-order valence-electron chi connectivity index (χ2n) is 8.31. The van der Waals surface area contributed by atoms with Crippen LogP contribution >= 0.6 is 0 Å². The smallest absolute Gasteiger partial charge is 0.252 e. The van der Waals surface area contributed by atoms with E-state index < -0.39 is 0 Å². The van der Waals surface area contributed by atoms with Gasteiger partial charge < -0.3 is 29.1 Å². The predicted octanol–water partition coefficient (Wildman–Crippen LogP) is 4.32. The lowest BCUT2D eigenvalue weighted by Gasteiger charge is -2.20. The van der Waals surface area contributed by atoms with Gasteiger partial charge in [0.25, 0.3) is 11.8 Å². The molecule has 3 rings (SSSR count). The number of carbonyl (C=O) groups excluding carboxylic acids is 2. The summed E-state index contributed by atoms with van der Waals surface area (Å²) in [6.45, 7) is 6.73. The molecule has 0 unspecified atom stereocenters. The Labute approximate surface area is 231 Å². The Morgan fingerprint density at radius 2 is 1.03 bits per heavy atom. The van der Waals surface area contributed by atoms with E-state index in [1.165, 1.54) is 0 Å². The highest BCUT2D eigenvalue weighted by Gasteiger charge is 2.14. The molecule has 0 aliphatic carbocycles. The quantitative estimate of drug-likeness (QED) is 0.291. The first-order valence-electron chi connectivity index (χ1n) is 13.2. The number of ether oxygens (including phenoxy) is 3. The molecule has 0 aromatic heterocycles. The van der Waals surface area contributed by atoms with Gasteiger partial charge in [0.2, 0.25) is 0 Å². The lowest BCUT2D eigenvalue weighted by molar-refractivity contribution is -0.124. The van der Waals surface area contributed by atoms with Crippen LogP contribution in [0.5, 0.6) is 0 Å². The van der Waals surface area contributed by atoms with Gasteiger partial charge in [0.1, 0.15) is 13.2 Å². The summed E-state index contributed by atoms with van der Waals surface area (Å²) in [7, 11) is 0. The van der Waals surface area contributed by atoms with Gasteiger partial charge in [0.15, 0.2) is 0 Å². The van der Waals surface area contributed by atoms with Crippen LogP contribution in [0.2, 0.25) is 0 Å². The summed E-state index contributed by atoms with van der Waals surface area (Å²) in [4.78, 5) is 27.3. The highest BCUT2D eigenvalue weighted by atomic mass is 16.5. The van der Waals surface area contributed by atoms with Gasteiger partial charge in [-0.2, -0.15) is 0 Å². The minimum absolute atomic E-state index is 0.00327. The third-order valence-electron chi connectivity index (χ3n) is 5.54. The van der Waals surface area contributed by atoms with Crippen LogP contribution in [0.4, 0.5) is 11.4 Å². The molecule has 8 heteroatoms. The maximum Gasteiger partial charge on any atom is 0.252 e. The predicted molar refractivity (Wildman–Crippen MR) is 154 cm³/mol. The zero-order valence-electron chi connectivity index (χ0n) is 22.9. The molecule has 0 aliphatic rings. The van der Waals surface area contributed by atoms with Crippen LogP contribution in [0.3, 0.4) is 0 Å². The fraction of sp³-hybridized carbons (Fsp3) is 0.355. The molecule has 0 spiro atoms. The first-order chi connectivity index (χ1) is 19.1. The molecule has 0 bridgehead atoms. The van der Waals surface area contributed by atoms with Crippen molar-refractivity contribution in [1.82, 2.24) is 0 Å². The Bertz CT molecular complexity index is 1050. The van der Waals surface area contributed by atoms with Crippen molar-refractivity contribution in [2.45, 2.75) is 20.5 Å². The van der Waals surface area contributed by atoms with E-state index in [-0.39, 0.29) is 38.2 Å². The number of carbonyl (C=O) groups is 2. The maximum absolute atomic E-state index is 12.2.